The minimum absolute atomic E-state index is 0.119. The first kappa shape index (κ1) is 24.4. The van der Waals surface area contributed by atoms with Crippen molar-refractivity contribution in [3.63, 3.8) is 0 Å². The Morgan fingerprint density at radius 3 is 2.53 bits per heavy atom. The van der Waals surface area contributed by atoms with Gasteiger partial charge >= 0.3 is 5.97 Å². The van der Waals surface area contributed by atoms with E-state index in [1.54, 1.807) is 29.5 Å². The predicted molar refractivity (Wildman–Crippen MR) is 148 cm³/mol. The molecule has 7 rings (SSSR count). The first-order valence-corrected chi connectivity index (χ1v) is 14.5. The van der Waals surface area contributed by atoms with Gasteiger partial charge < -0.3 is 19.3 Å². The van der Waals surface area contributed by atoms with Gasteiger partial charge in [-0.3, -0.25) is 0 Å². The van der Waals surface area contributed by atoms with Gasteiger partial charge in [0.05, 0.1) is 38.5 Å². The van der Waals surface area contributed by atoms with Crippen LogP contribution in [-0.4, -0.2) is 39.4 Å². The van der Waals surface area contributed by atoms with Crippen molar-refractivity contribution in [3.8, 4) is 11.3 Å². The van der Waals surface area contributed by atoms with Crippen LogP contribution in [0.2, 0.25) is 10.0 Å². The lowest BCUT2D eigenvalue weighted by atomic mass is 10.00. The number of anilines is 1. The molecule has 0 radical (unpaired) electrons. The molecule has 1 saturated carbocycles. The van der Waals surface area contributed by atoms with Crippen LogP contribution in [0.5, 0.6) is 0 Å². The second-order valence-corrected chi connectivity index (χ2v) is 12.2. The Hall–Kier alpha value is -2.65. The number of carboxylic acid groups (broad SMARTS) is 1. The first-order valence-electron chi connectivity index (χ1n) is 12.9. The Kier molecular flexibility index (Phi) is 6.11. The summed E-state index contributed by atoms with van der Waals surface area (Å²) in [4.78, 5) is 18.7. The van der Waals surface area contributed by atoms with Gasteiger partial charge in [0, 0.05) is 29.1 Å². The van der Waals surface area contributed by atoms with Crippen molar-refractivity contribution < 1.29 is 19.2 Å². The van der Waals surface area contributed by atoms with Crippen molar-refractivity contribution >= 4 is 55.9 Å². The van der Waals surface area contributed by atoms with Gasteiger partial charge in [-0.05, 0) is 68.9 Å². The second-order valence-electron chi connectivity index (χ2n) is 10.4. The molecule has 2 bridgehead atoms. The van der Waals surface area contributed by atoms with Crippen LogP contribution in [0.3, 0.4) is 0 Å². The highest BCUT2D eigenvalue weighted by molar-refractivity contribution is 7.22. The Bertz CT molecular complexity index is 1510. The summed E-state index contributed by atoms with van der Waals surface area (Å²) in [6, 6.07) is 11.3. The molecule has 4 aromatic rings. The van der Waals surface area contributed by atoms with E-state index in [9.17, 15) is 9.90 Å². The van der Waals surface area contributed by atoms with Crippen LogP contribution >= 0.6 is 34.5 Å². The standard InChI is InChI=1S/C28H25Cl2N3O4S/c29-20-2-1-3-21(30)24(20)25-19(26(37-32-25)14-4-5-14)13-36-18-11-16-7-8-17(12-18)33(16)28-31-22-9-6-15(27(34)35)10-23(22)38-28/h1-3,6,9-10,14,16-18H,4-5,7-8,11-13H2,(H,34,35). The van der Waals surface area contributed by atoms with E-state index in [-0.39, 0.29) is 6.10 Å². The zero-order valence-corrected chi connectivity index (χ0v) is 22.7. The van der Waals surface area contributed by atoms with Gasteiger partial charge in [-0.25, -0.2) is 9.78 Å². The molecular weight excluding hydrogens is 545 g/mol. The van der Waals surface area contributed by atoms with Gasteiger partial charge in [-0.2, -0.15) is 0 Å². The summed E-state index contributed by atoms with van der Waals surface area (Å²) < 4.78 is 13.3. The van der Waals surface area contributed by atoms with Gasteiger partial charge in [0.2, 0.25) is 0 Å². The van der Waals surface area contributed by atoms with Gasteiger partial charge in [0.1, 0.15) is 11.5 Å². The third-order valence-electron chi connectivity index (χ3n) is 7.96. The second kappa shape index (κ2) is 9.52. The average molecular weight is 570 g/mol. The number of piperidine rings is 1. The minimum Gasteiger partial charge on any atom is -0.478 e. The average Bonchev–Trinajstić information content (AvgIpc) is 3.42. The van der Waals surface area contributed by atoms with E-state index in [1.807, 2.05) is 18.2 Å². The van der Waals surface area contributed by atoms with E-state index in [4.69, 9.17) is 37.4 Å². The number of rotatable bonds is 7. The highest BCUT2D eigenvalue weighted by Crippen LogP contribution is 2.47. The number of aromatic nitrogens is 2. The number of ether oxygens (including phenoxy) is 1. The maximum Gasteiger partial charge on any atom is 0.335 e. The molecule has 2 unspecified atom stereocenters. The molecular formula is C28H25Cl2N3O4S. The molecule has 2 aromatic heterocycles. The van der Waals surface area contributed by atoms with E-state index in [0.717, 1.165) is 65.2 Å². The molecule has 10 heteroatoms. The van der Waals surface area contributed by atoms with E-state index >= 15 is 0 Å². The zero-order chi connectivity index (χ0) is 26.0. The summed E-state index contributed by atoms with van der Waals surface area (Å²) in [6.45, 7) is 0.412. The molecule has 3 aliphatic rings. The van der Waals surface area contributed by atoms with Crippen LogP contribution < -0.4 is 4.90 Å². The van der Waals surface area contributed by atoms with E-state index in [0.29, 0.717) is 51.5 Å². The largest absolute Gasteiger partial charge is 0.478 e. The van der Waals surface area contributed by atoms with Crippen molar-refractivity contribution in [2.45, 2.75) is 69.2 Å². The molecule has 0 amide bonds. The number of nitrogens with zero attached hydrogens (tertiary/aromatic N) is 3. The normalized spacial score (nSPS) is 22.9. The van der Waals surface area contributed by atoms with Crippen molar-refractivity contribution in [1.29, 1.82) is 0 Å². The van der Waals surface area contributed by atoms with Crippen LogP contribution in [0.4, 0.5) is 5.13 Å². The number of halogens is 2. The SMILES string of the molecule is O=C(O)c1ccc2nc(N3C4CCC3CC(OCc3c(-c5c(Cl)cccc5Cl)noc3C3CC3)C4)sc2c1. The lowest BCUT2D eigenvalue weighted by Crippen LogP contribution is -2.45. The maximum absolute atomic E-state index is 11.4. The Morgan fingerprint density at radius 2 is 1.84 bits per heavy atom. The molecule has 2 aromatic carbocycles. The molecule has 1 N–H and O–H groups in total. The predicted octanol–water partition coefficient (Wildman–Crippen LogP) is 7.55. The van der Waals surface area contributed by atoms with E-state index in [2.05, 4.69) is 10.1 Å². The number of thiazole rings is 1. The van der Waals surface area contributed by atoms with E-state index in [1.165, 1.54) is 0 Å². The summed E-state index contributed by atoms with van der Waals surface area (Å²) in [6.07, 6.45) is 6.34. The molecule has 38 heavy (non-hydrogen) atoms. The molecule has 7 nitrogen and oxygen atoms in total. The topological polar surface area (TPSA) is 88.7 Å². The molecule has 2 atom stereocenters. The molecule has 3 fully saturated rings. The molecule has 196 valence electrons. The number of carboxylic acids is 1. The molecule has 2 aliphatic heterocycles. The van der Waals surface area contributed by atoms with Gasteiger partial charge in [-0.15, -0.1) is 0 Å². The van der Waals surface area contributed by atoms with Crippen LogP contribution in [0.15, 0.2) is 40.9 Å². The Labute approximate surface area is 233 Å². The number of carbonyl (C=O) groups is 1. The smallest absolute Gasteiger partial charge is 0.335 e. The first-order chi connectivity index (χ1) is 18.5. The van der Waals surface area contributed by atoms with Crippen LogP contribution in [0.1, 0.15) is 66.1 Å². The molecule has 4 heterocycles. The lowest BCUT2D eigenvalue weighted by Gasteiger charge is -2.38. The fourth-order valence-corrected chi connectivity index (χ4v) is 7.71. The maximum atomic E-state index is 11.4. The highest BCUT2D eigenvalue weighted by Gasteiger charge is 2.43. The number of hydrogen-bond donors (Lipinski definition) is 1. The molecule has 1 aliphatic carbocycles. The number of aromatic carboxylic acids is 1. The summed E-state index contributed by atoms with van der Waals surface area (Å²) in [5.41, 5.74) is 3.47. The van der Waals surface area contributed by atoms with Gasteiger partial charge in [0.25, 0.3) is 0 Å². The van der Waals surface area contributed by atoms with Crippen molar-refractivity contribution in [3.05, 3.63) is 63.3 Å². The third-order valence-corrected chi connectivity index (χ3v) is 9.63. The van der Waals surface area contributed by atoms with Gasteiger partial charge in [0.15, 0.2) is 5.13 Å². The number of hydrogen-bond acceptors (Lipinski definition) is 7. The fourth-order valence-electron chi connectivity index (χ4n) is 5.98. The van der Waals surface area contributed by atoms with Crippen molar-refractivity contribution in [2.75, 3.05) is 4.90 Å². The molecule has 2 saturated heterocycles. The summed E-state index contributed by atoms with van der Waals surface area (Å²) in [5, 5.41) is 15.8. The highest BCUT2D eigenvalue weighted by atomic mass is 35.5. The number of benzene rings is 2. The third kappa shape index (κ3) is 4.28. The van der Waals surface area contributed by atoms with Crippen LogP contribution in [-0.2, 0) is 11.3 Å². The minimum atomic E-state index is -0.919. The monoisotopic (exact) mass is 569 g/mol. The van der Waals surface area contributed by atoms with Crippen LogP contribution in [0.25, 0.3) is 21.5 Å². The van der Waals surface area contributed by atoms with Gasteiger partial charge in [-0.1, -0.05) is 45.8 Å². The quantitative estimate of drug-likeness (QED) is 0.245. The van der Waals surface area contributed by atoms with Crippen molar-refractivity contribution in [1.82, 2.24) is 10.1 Å². The van der Waals surface area contributed by atoms with Crippen LogP contribution in [0, 0.1) is 0 Å². The summed E-state index contributed by atoms with van der Waals surface area (Å²) in [5.74, 6) is 0.360. The fraction of sp³-hybridized carbons (Fsp3) is 0.393. The number of fused-ring (bicyclic) bond motifs is 3. The lowest BCUT2D eigenvalue weighted by molar-refractivity contribution is 0.0147. The van der Waals surface area contributed by atoms with E-state index < -0.39 is 5.97 Å². The molecule has 0 spiro atoms. The Balaban J connectivity index is 1.10. The summed E-state index contributed by atoms with van der Waals surface area (Å²) in [7, 11) is 0. The summed E-state index contributed by atoms with van der Waals surface area (Å²) >= 11 is 14.6. The van der Waals surface area contributed by atoms with Crippen molar-refractivity contribution in [2.24, 2.45) is 0 Å². The Morgan fingerprint density at radius 1 is 1.11 bits per heavy atom. The zero-order valence-electron chi connectivity index (χ0n) is 20.4.